The Kier molecular flexibility index (Phi) is 9.65. The molecule has 1 aromatic carbocycles. The van der Waals surface area contributed by atoms with E-state index in [2.05, 4.69) is 17.2 Å². The van der Waals surface area contributed by atoms with E-state index in [4.69, 9.17) is 15.9 Å². The summed E-state index contributed by atoms with van der Waals surface area (Å²) in [6.45, 7) is 12.0. The fourth-order valence-electron chi connectivity index (χ4n) is 3.59. The number of hydrogen-bond donors (Lipinski definition) is 3. The van der Waals surface area contributed by atoms with Gasteiger partial charge in [-0.3, -0.25) is 10.2 Å². The number of aromatic nitrogens is 1. The monoisotopic (exact) mass is 439 g/mol. The van der Waals surface area contributed by atoms with Gasteiger partial charge in [0, 0.05) is 47.9 Å². The number of nitrogen functional groups attached to an aromatic ring is 1. The van der Waals surface area contributed by atoms with Crippen LogP contribution in [0.5, 0.6) is 5.88 Å². The third kappa shape index (κ3) is 6.53. The van der Waals surface area contributed by atoms with Crippen molar-refractivity contribution in [2.45, 2.75) is 53.6 Å². The molecule has 2 rings (SSSR count). The highest BCUT2D eigenvalue weighted by atomic mass is 16.5. The van der Waals surface area contributed by atoms with Crippen molar-refractivity contribution in [3.05, 3.63) is 47.7 Å². The molecule has 1 aromatic heterocycles. The molecule has 0 fully saturated rings. The molecule has 1 atom stereocenters. The van der Waals surface area contributed by atoms with Crippen LogP contribution in [0.2, 0.25) is 0 Å². The van der Waals surface area contributed by atoms with E-state index in [1.54, 1.807) is 29.3 Å². The topological polar surface area (TPSA) is 104 Å². The van der Waals surface area contributed by atoms with Crippen molar-refractivity contribution >= 4 is 23.0 Å². The predicted molar refractivity (Wildman–Crippen MR) is 132 cm³/mol. The fourth-order valence-corrected chi connectivity index (χ4v) is 3.59. The van der Waals surface area contributed by atoms with Crippen LogP contribution in [0.1, 0.15) is 58.6 Å². The van der Waals surface area contributed by atoms with E-state index in [1.165, 1.54) is 0 Å². The third-order valence-corrected chi connectivity index (χ3v) is 5.21. The Labute approximate surface area is 191 Å². The Balaban J connectivity index is 2.31. The van der Waals surface area contributed by atoms with Gasteiger partial charge in [0.15, 0.2) is 0 Å². The van der Waals surface area contributed by atoms with E-state index < -0.39 is 0 Å². The molecule has 0 aliphatic carbocycles. The lowest BCUT2D eigenvalue weighted by molar-refractivity contribution is -0.122. The van der Waals surface area contributed by atoms with Crippen LogP contribution < -0.4 is 20.7 Å². The molecular weight excluding hydrogens is 402 g/mol. The van der Waals surface area contributed by atoms with E-state index >= 15 is 0 Å². The molecule has 174 valence electrons. The molecule has 0 radical (unpaired) electrons. The highest BCUT2D eigenvalue weighted by Crippen LogP contribution is 2.26. The van der Waals surface area contributed by atoms with Gasteiger partial charge in [-0.2, -0.15) is 0 Å². The minimum absolute atomic E-state index is 0.0294. The molecule has 1 amide bonds. The Bertz CT molecular complexity index is 896. The van der Waals surface area contributed by atoms with Crippen LogP contribution in [0.25, 0.3) is 0 Å². The van der Waals surface area contributed by atoms with Crippen LogP contribution in [-0.4, -0.2) is 42.3 Å². The SMILES string of the molecule is CCCC(CNCC)C(=O)N(CC)c1ccc(N)c(C(=N)c2ccc(OC(C)C)nc2)c1. The molecule has 1 unspecified atom stereocenters. The van der Waals surface area contributed by atoms with Crippen molar-refractivity contribution in [3.8, 4) is 5.88 Å². The zero-order chi connectivity index (χ0) is 23.7. The number of nitrogens with one attached hydrogen (secondary N) is 2. The normalized spacial score (nSPS) is 11.9. The molecule has 0 spiro atoms. The van der Waals surface area contributed by atoms with Gasteiger partial charge in [0.25, 0.3) is 0 Å². The van der Waals surface area contributed by atoms with Crippen molar-refractivity contribution in [2.24, 2.45) is 5.92 Å². The summed E-state index contributed by atoms with van der Waals surface area (Å²) in [7, 11) is 0. The first-order valence-electron chi connectivity index (χ1n) is 11.5. The first kappa shape index (κ1) is 25.3. The second-order valence-electron chi connectivity index (χ2n) is 8.07. The lowest BCUT2D eigenvalue weighted by Gasteiger charge is -2.27. The zero-order valence-corrected chi connectivity index (χ0v) is 19.9. The van der Waals surface area contributed by atoms with E-state index in [0.717, 1.165) is 25.1 Å². The van der Waals surface area contributed by atoms with Crippen LogP contribution in [0.15, 0.2) is 36.5 Å². The predicted octanol–water partition coefficient (Wildman–Crippen LogP) is 4.25. The molecule has 0 aliphatic heterocycles. The average Bonchev–Trinajstić information content (AvgIpc) is 2.77. The number of anilines is 2. The second kappa shape index (κ2) is 12.2. The first-order chi connectivity index (χ1) is 15.3. The number of nitrogens with zero attached hydrogens (tertiary/aromatic N) is 2. The summed E-state index contributed by atoms with van der Waals surface area (Å²) in [5.74, 6) is 0.524. The molecule has 7 heteroatoms. The average molecular weight is 440 g/mol. The molecule has 0 bridgehead atoms. The van der Waals surface area contributed by atoms with Gasteiger partial charge in [0.1, 0.15) is 0 Å². The van der Waals surface area contributed by atoms with Crippen molar-refractivity contribution in [1.29, 1.82) is 5.41 Å². The molecule has 2 aromatic rings. The summed E-state index contributed by atoms with van der Waals surface area (Å²) in [6, 6.07) is 8.99. The highest BCUT2D eigenvalue weighted by Gasteiger charge is 2.24. The molecule has 0 aliphatic rings. The van der Waals surface area contributed by atoms with E-state index in [1.807, 2.05) is 39.8 Å². The number of ether oxygens (including phenoxy) is 1. The van der Waals surface area contributed by atoms with Crippen molar-refractivity contribution in [1.82, 2.24) is 10.3 Å². The minimum Gasteiger partial charge on any atom is -0.475 e. The van der Waals surface area contributed by atoms with Gasteiger partial charge >= 0.3 is 0 Å². The molecule has 0 saturated heterocycles. The number of carbonyl (C=O) groups is 1. The number of rotatable bonds is 12. The van der Waals surface area contributed by atoms with E-state index in [9.17, 15) is 4.79 Å². The molecule has 1 heterocycles. The van der Waals surface area contributed by atoms with Crippen LogP contribution in [0.4, 0.5) is 11.4 Å². The van der Waals surface area contributed by atoms with Crippen molar-refractivity contribution < 1.29 is 9.53 Å². The second-order valence-corrected chi connectivity index (χ2v) is 8.07. The zero-order valence-electron chi connectivity index (χ0n) is 19.9. The first-order valence-corrected chi connectivity index (χ1v) is 11.5. The Morgan fingerprint density at radius 1 is 1.22 bits per heavy atom. The third-order valence-electron chi connectivity index (χ3n) is 5.21. The van der Waals surface area contributed by atoms with E-state index in [0.29, 0.717) is 35.8 Å². The summed E-state index contributed by atoms with van der Waals surface area (Å²) in [4.78, 5) is 19.4. The Morgan fingerprint density at radius 2 is 1.97 bits per heavy atom. The van der Waals surface area contributed by atoms with Crippen molar-refractivity contribution in [3.63, 3.8) is 0 Å². The lowest BCUT2D eigenvalue weighted by Crippen LogP contribution is -2.40. The number of nitrogens with two attached hydrogens (primary N) is 1. The largest absolute Gasteiger partial charge is 0.475 e. The maximum atomic E-state index is 13.3. The Morgan fingerprint density at radius 3 is 2.53 bits per heavy atom. The number of amides is 1. The Hall–Kier alpha value is -2.93. The molecule has 4 N–H and O–H groups in total. The highest BCUT2D eigenvalue weighted by molar-refractivity contribution is 6.14. The van der Waals surface area contributed by atoms with Gasteiger partial charge in [-0.1, -0.05) is 20.3 Å². The maximum absolute atomic E-state index is 13.3. The summed E-state index contributed by atoms with van der Waals surface area (Å²) in [6.07, 6.45) is 3.42. The van der Waals surface area contributed by atoms with Crippen LogP contribution in [0, 0.1) is 11.3 Å². The van der Waals surface area contributed by atoms with Gasteiger partial charge in [0.2, 0.25) is 11.8 Å². The quantitative estimate of drug-likeness (QED) is 0.339. The number of hydrogen-bond acceptors (Lipinski definition) is 6. The van der Waals surface area contributed by atoms with Gasteiger partial charge in [-0.15, -0.1) is 0 Å². The number of pyridine rings is 1. The van der Waals surface area contributed by atoms with E-state index in [-0.39, 0.29) is 23.6 Å². The van der Waals surface area contributed by atoms with Gasteiger partial charge < -0.3 is 20.7 Å². The van der Waals surface area contributed by atoms with Crippen molar-refractivity contribution in [2.75, 3.05) is 30.3 Å². The van der Waals surface area contributed by atoms with Crippen LogP contribution in [0.3, 0.4) is 0 Å². The molecule has 0 saturated carbocycles. The number of carbonyl (C=O) groups excluding carboxylic acids is 1. The smallest absolute Gasteiger partial charge is 0.231 e. The molecule has 7 nitrogen and oxygen atoms in total. The summed E-state index contributed by atoms with van der Waals surface area (Å²) in [5.41, 5.74) is 8.92. The minimum atomic E-state index is -0.0851. The van der Waals surface area contributed by atoms with Gasteiger partial charge in [0.05, 0.1) is 17.7 Å². The summed E-state index contributed by atoms with van der Waals surface area (Å²) in [5, 5.41) is 12.0. The van der Waals surface area contributed by atoms with Crippen LogP contribution in [-0.2, 0) is 4.79 Å². The summed E-state index contributed by atoms with van der Waals surface area (Å²) < 4.78 is 5.58. The molecular formula is C25H37N5O2. The van der Waals surface area contributed by atoms with Crippen LogP contribution >= 0.6 is 0 Å². The van der Waals surface area contributed by atoms with Gasteiger partial charge in [-0.25, -0.2) is 4.98 Å². The maximum Gasteiger partial charge on any atom is 0.231 e. The molecule has 32 heavy (non-hydrogen) atoms. The fraction of sp³-hybridized carbons (Fsp3) is 0.480. The lowest BCUT2D eigenvalue weighted by atomic mass is 9.99. The number of benzene rings is 1. The standard InChI is InChI=1S/C25H37N5O2/c1-6-9-19(15-28-7-2)25(31)30(8-3)20-11-12-22(26)21(14-20)24(27)18-10-13-23(29-16-18)32-17(4)5/h10-14,16-17,19,27-28H,6-9,15,26H2,1-5H3. The van der Waals surface area contributed by atoms with Gasteiger partial charge in [-0.05, 0) is 58.0 Å². The summed E-state index contributed by atoms with van der Waals surface area (Å²) >= 11 is 0.